The number of nitrogens with one attached hydrogen (secondary N) is 1. The van der Waals surface area contributed by atoms with Crippen molar-refractivity contribution in [2.75, 3.05) is 31.9 Å². The van der Waals surface area contributed by atoms with Gasteiger partial charge in [0.05, 0.1) is 5.69 Å². The smallest absolute Gasteiger partial charge is 0.144 e. The normalized spacial score (nSPS) is 16.9. The Morgan fingerprint density at radius 1 is 1.35 bits per heavy atom. The van der Waals surface area contributed by atoms with Gasteiger partial charge in [0.1, 0.15) is 5.75 Å². The number of nitrogen functional groups attached to an aromatic ring is 1. The minimum absolute atomic E-state index is 0. The molecule has 20 heavy (non-hydrogen) atoms. The molecule has 1 aliphatic heterocycles. The second kappa shape index (κ2) is 8.95. The second-order valence-corrected chi connectivity index (χ2v) is 5.46. The molecule has 0 saturated carbocycles. The Morgan fingerprint density at radius 3 is 2.50 bits per heavy atom. The quantitative estimate of drug-likeness (QED) is 0.552. The number of rotatable bonds is 3. The number of halogens is 3. The number of phenolic OH excluding ortho intramolecular Hbond substituents is 1. The summed E-state index contributed by atoms with van der Waals surface area (Å²) in [6.45, 7) is 6.13. The summed E-state index contributed by atoms with van der Waals surface area (Å²) in [5, 5.41) is 13.6. The van der Waals surface area contributed by atoms with Crippen molar-refractivity contribution in [2.45, 2.75) is 19.4 Å². The van der Waals surface area contributed by atoms with E-state index in [2.05, 4.69) is 33.1 Å². The monoisotopic (exact) mass is 385 g/mol. The predicted molar refractivity (Wildman–Crippen MR) is 92.2 cm³/mol. The van der Waals surface area contributed by atoms with Gasteiger partial charge < -0.3 is 16.2 Å². The zero-order valence-corrected chi connectivity index (χ0v) is 14.7. The lowest BCUT2D eigenvalue weighted by atomic mass is 10.00. The van der Waals surface area contributed by atoms with E-state index >= 15 is 0 Å². The number of piperazine rings is 1. The maximum atomic E-state index is 10.2. The third-order valence-electron chi connectivity index (χ3n) is 3.51. The molecule has 0 radical (unpaired) electrons. The Morgan fingerprint density at radius 2 is 1.95 bits per heavy atom. The lowest BCUT2D eigenvalue weighted by molar-refractivity contribution is 0.166. The molecular formula is C13H22BrCl2N3O. The summed E-state index contributed by atoms with van der Waals surface area (Å²) in [6, 6.07) is 3.85. The molecule has 0 spiro atoms. The molecule has 0 unspecified atom stereocenters. The van der Waals surface area contributed by atoms with Gasteiger partial charge in [-0.25, -0.2) is 0 Å². The molecule has 116 valence electrons. The summed E-state index contributed by atoms with van der Waals surface area (Å²) >= 11 is 3.53. The molecule has 1 fully saturated rings. The van der Waals surface area contributed by atoms with E-state index in [0.717, 1.165) is 42.6 Å². The summed E-state index contributed by atoms with van der Waals surface area (Å²) in [7, 11) is 0. The second-order valence-electron chi connectivity index (χ2n) is 4.61. The third kappa shape index (κ3) is 4.15. The average Bonchev–Trinajstić information content (AvgIpc) is 2.40. The standard InChI is InChI=1S/C13H20BrN3O.2ClH/c1-2-11(17-7-5-16-6-8-17)12-9(14)3-4-10(15)13(12)18;;/h3-4,11,16,18H,2,5-8,15H2,1H3;2*1H/t11-;;/m1../s1. The Labute approximate surface area is 141 Å². The van der Waals surface area contributed by atoms with Crippen LogP contribution in [0.15, 0.2) is 16.6 Å². The fraction of sp³-hybridized carbons (Fsp3) is 0.538. The van der Waals surface area contributed by atoms with Gasteiger partial charge in [0.25, 0.3) is 0 Å². The minimum Gasteiger partial charge on any atom is -0.505 e. The molecule has 0 aromatic heterocycles. The molecule has 1 heterocycles. The number of nitrogens with zero attached hydrogens (tertiary/aromatic N) is 1. The lowest BCUT2D eigenvalue weighted by Crippen LogP contribution is -2.45. The fourth-order valence-electron chi connectivity index (χ4n) is 2.56. The summed E-state index contributed by atoms with van der Waals surface area (Å²) in [4.78, 5) is 2.40. The molecule has 1 aromatic carbocycles. The van der Waals surface area contributed by atoms with Crippen molar-refractivity contribution < 1.29 is 5.11 Å². The average molecular weight is 387 g/mol. The molecule has 1 saturated heterocycles. The van der Waals surface area contributed by atoms with Crippen LogP contribution in [0.25, 0.3) is 0 Å². The largest absolute Gasteiger partial charge is 0.505 e. The summed E-state index contributed by atoms with van der Waals surface area (Å²) in [5.41, 5.74) is 7.17. The number of benzene rings is 1. The van der Waals surface area contributed by atoms with Crippen LogP contribution >= 0.6 is 40.7 Å². The van der Waals surface area contributed by atoms with Crippen molar-refractivity contribution in [1.82, 2.24) is 10.2 Å². The Bertz CT molecular complexity index is 428. The van der Waals surface area contributed by atoms with Crippen LogP contribution in [0, 0.1) is 0 Å². The molecular weight excluding hydrogens is 365 g/mol. The van der Waals surface area contributed by atoms with Crippen molar-refractivity contribution in [3.8, 4) is 5.75 Å². The van der Waals surface area contributed by atoms with Gasteiger partial charge in [-0.15, -0.1) is 24.8 Å². The van der Waals surface area contributed by atoms with Crippen molar-refractivity contribution >= 4 is 46.4 Å². The van der Waals surface area contributed by atoms with Gasteiger partial charge in [-0.3, -0.25) is 4.90 Å². The number of anilines is 1. The van der Waals surface area contributed by atoms with E-state index in [4.69, 9.17) is 5.73 Å². The van der Waals surface area contributed by atoms with Crippen LogP contribution in [-0.4, -0.2) is 36.2 Å². The minimum atomic E-state index is 0. The van der Waals surface area contributed by atoms with E-state index in [-0.39, 0.29) is 36.6 Å². The zero-order valence-electron chi connectivity index (χ0n) is 11.4. The zero-order chi connectivity index (χ0) is 13.1. The van der Waals surface area contributed by atoms with Crippen molar-refractivity contribution in [3.63, 3.8) is 0 Å². The molecule has 1 atom stereocenters. The van der Waals surface area contributed by atoms with E-state index in [1.807, 2.05) is 6.07 Å². The lowest BCUT2D eigenvalue weighted by Gasteiger charge is -2.35. The number of hydrogen-bond donors (Lipinski definition) is 3. The SMILES string of the molecule is CC[C@H](c1c(Br)ccc(N)c1O)N1CCNCC1.Cl.Cl. The van der Waals surface area contributed by atoms with Crippen molar-refractivity contribution in [1.29, 1.82) is 0 Å². The molecule has 0 aliphatic carbocycles. The highest BCUT2D eigenvalue weighted by Gasteiger charge is 2.25. The maximum Gasteiger partial charge on any atom is 0.144 e. The highest BCUT2D eigenvalue weighted by molar-refractivity contribution is 9.10. The number of aromatic hydroxyl groups is 1. The first-order valence-electron chi connectivity index (χ1n) is 6.36. The van der Waals surface area contributed by atoms with E-state index in [1.54, 1.807) is 6.07 Å². The first kappa shape index (κ1) is 19.8. The number of hydrogen-bond acceptors (Lipinski definition) is 4. The van der Waals surface area contributed by atoms with Gasteiger partial charge in [0, 0.05) is 42.3 Å². The van der Waals surface area contributed by atoms with E-state index in [1.165, 1.54) is 0 Å². The van der Waals surface area contributed by atoms with Gasteiger partial charge in [-0.1, -0.05) is 22.9 Å². The molecule has 0 amide bonds. The van der Waals surface area contributed by atoms with Crippen molar-refractivity contribution in [3.05, 3.63) is 22.2 Å². The van der Waals surface area contributed by atoms with Crippen LogP contribution in [0.2, 0.25) is 0 Å². The third-order valence-corrected chi connectivity index (χ3v) is 4.20. The van der Waals surface area contributed by atoms with Gasteiger partial charge in [-0.05, 0) is 18.6 Å². The van der Waals surface area contributed by atoms with Crippen LogP contribution in [0.5, 0.6) is 5.75 Å². The molecule has 1 aliphatic rings. The Hall–Kier alpha value is -0.200. The molecule has 7 heteroatoms. The van der Waals surface area contributed by atoms with Gasteiger partial charge in [-0.2, -0.15) is 0 Å². The fourth-order valence-corrected chi connectivity index (χ4v) is 3.14. The summed E-state index contributed by atoms with van der Waals surface area (Å²) in [6.07, 6.45) is 0.954. The van der Waals surface area contributed by atoms with Gasteiger partial charge in [0.2, 0.25) is 0 Å². The Kier molecular flexibility index (Phi) is 8.86. The molecule has 2 rings (SSSR count). The van der Waals surface area contributed by atoms with E-state index in [0.29, 0.717) is 5.69 Å². The van der Waals surface area contributed by atoms with E-state index in [9.17, 15) is 5.11 Å². The van der Waals surface area contributed by atoms with Crippen LogP contribution in [0.4, 0.5) is 5.69 Å². The maximum absolute atomic E-state index is 10.2. The topological polar surface area (TPSA) is 61.5 Å². The number of phenols is 1. The summed E-state index contributed by atoms with van der Waals surface area (Å²) in [5.74, 6) is 0.217. The van der Waals surface area contributed by atoms with Gasteiger partial charge >= 0.3 is 0 Å². The molecule has 4 N–H and O–H groups in total. The molecule has 4 nitrogen and oxygen atoms in total. The van der Waals surface area contributed by atoms with Crippen LogP contribution in [0.3, 0.4) is 0 Å². The van der Waals surface area contributed by atoms with E-state index < -0.39 is 0 Å². The van der Waals surface area contributed by atoms with Gasteiger partial charge in [0.15, 0.2) is 0 Å². The first-order chi connectivity index (χ1) is 8.65. The van der Waals surface area contributed by atoms with Crippen LogP contribution < -0.4 is 11.1 Å². The molecule has 1 aromatic rings. The summed E-state index contributed by atoms with van der Waals surface area (Å²) < 4.78 is 0.930. The Balaban J connectivity index is 0.00000180. The van der Waals surface area contributed by atoms with Crippen LogP contribution in [0.1, 0.15) is 24.9 Å². The highest BCUT2D eigenvalue weighted by atomic mass is 79.9. The number of nitrogens with two attached hydrogens (primary N) is 1. The highest BCUT2D eigenvalue weighted by Crippen LogP contribution is 2.40. The first-order valence-corrected chi connectivity index (χ1v) is 7.16. The van der Waals surface area contributed by atoms with Crippen molar-refractivity contribution in [2.24, 2.45) is 0 Å². The van der Waals surface area contributed by atoms with Crippen LogP contribution in [-0.2, 0) is 0 Å². The predicted octanol–water partition coefficient (Wildman–Crippen LogP) is 2.94. The molecule has 0 bridgehead atoms.